The van der Waals surface area contributed by atoms with Crippen molar-refractivity contribution in [2.75, 3.05) is 20.1 Å². The van der Waals surface area contributed by atoms with Crippen LogP contribution in [0.1, 0.15) is 43.6 Å². The van der Waals surface area contributed by atoms with E-state index < -0.39 is 0 Å². The monoisotopic (exact) mass is 382 g/mol. The average molecular weight is 383 g/mol. The van der Waals surface area contributed by atoms with Crippen LogP contribution in [-0.4, -0.2) is 52.9 Å². The molecule has 0 saturated heterocycles. The summed E-state index contributed by atoms with van der Waals surface area (Å²) in [6, 6.07) is 11.7. The first kappa shape index (κ1) is 20.4. The molecule has 6 nitrogen and oxygen atoms in total. The van der Waals surface area contributed by atoms with Crippen molar-refractivity contribution in [3.63, 3.8) is 0 Å². The van der Waals surface area contributed by atoms with Gasteiger partial charge in [-0.25, -0.2) is 9.67 Å². The van der Waals surface area contributed by atoms with Gasteiger partial charge in [-0.15, -0.1) is 0 Å². The number of nitrogens with one attached hydrogen (secondary N) is 2. The second-order valence-electron chi connectivity index (χ2n) is 7.79. The number of aryl methyl sites for hydroxylation is 2. The molecule has 1 fully saturated rings. The van der Waals surface area contributed by atoms with Gasteiger partial charge < -0.3 is 10.6 Å². The molecule has 0 amide bonds. The van der Waals surface area contributed by atoms with Crippen LogP contribution < -0.4 is 10.6 Å². The Kier molecular flexibility index (Phi) is 6.73. The highest BCUT2D eigenvalue weighted by Crippen LogP contribution is 2.26. The molecule has 1 aromatic heterocycles. The SMILES string of the molecule is CCNC(=NCc1ccccc1-n1nc(C)cc1C)NCC(C)N(C)C1CC1. The molecule has 3 rings (SSSR count). The average Bonchev–Trinajstić information content (AvgIpc) is 3.47. The van der Waals surface area contributed by atoms with Crippen LogP contribution in [0, 0.1) is 13.8 Å². The zero-order chi connectivity index (χ0) is 20.1. The van der Waals surface area contributed by atoms with Crippen LogP contribution in [0.25, 0.3) is 5.69 Å². The lowest BCUT2D eigenvalue weighted by Gasteiger charge is -2.25. The maximum Gasteiger partial charge on any atom is 0.191 e. The molecule has 2 N–H and O–H groups in total. The maximum atomic E-state index is 4.83. The van der Waals surface area contributed by atoms with E-state index >= 15 is 0 Å². The number of rotatable bonds is 8. The normalized spacial score (nSPS) is 15.7. The Hall–Kier alpha value is -2.34. The van der Waals surface area contributed by atoms with E-state index in [-0.39, 0.29) is 0 Å². The molecule has 1 aliphatic carbocycles. The summed E-state index contributed by atoms with van der Waals surface area (Å²) in [5, 5.41) is 11.5. The van der Waals surface area contributed by atoms with E-state index in [0.717, 1.165) is 47.7 Å². The molecule has 28 heavy (non-hydrogen) atoms. The fraction of sp³-hybridized carbons (Fsp3) is 0.545. The van der Waals surface area contributed by atoms with Crippen molar-refractivity contribution in [2.24, 2.45) is 4.99 Å². The summed E-state index contributed by atoms with van der Waals surface area (Å²) in [5.74, 6) is 0.863. The topological polar surface area (TPSA) is 57.5 Å². The number of nitrogens with zero attached hydrogens (tertiary/aromatic N) is 4. The summed E-state index contributed by atoms with van der Waals surface area (Å²) in [4.78, 5) is 7.30. The fourth-order valence-corrected chi connectivity index (χ4v) is 3.46. The van der Waals surface area contributed by atoms with Crippen LogP contribution in [0.4, 0.5) is 0 Å². The minimum absolute atomic E-state index is 0.485. The van der Waals surface area contributed by atoms with E-state index in [4.69, 9.17) is 4.99 Å². The van der Waals surface area contributed by atoms with Gasteiger partial charge in [0.15, 0.2) is 5.96 Å². The number of likely N-dealkylation sites (N-methyl/N-ethyl adjacent to an activating group) is 1. The Balaban J connectivity index is 1.70. The molecule has 1 heterocycles. The van der Waals surface area contributed by atoms with Gasteiger partial charge in [-0.2, -0.15) is 5.10 Å². The molecular weight excluding hydrogens is 348 g/mol. The van der Waals surface area contributed by atoms with Crippen molar-refractivity contribution < 1.29 is 0 Å². The summed E-state index contributed by atoms with van der Waals surface area (Å²) in [6.07, 6.45) is 2.66. The number of aromatic nitrogens is 2. The van der Waals surface area contributed by atoms with Crippen LogP contribution in [-0.2, 0) is 6.54 Å². The van der Waals surface area contributed by atoms with Crippen LogP contribution >= 0.6 is 0 Å². The Morgan fingerprint density at radius 2 is 2.04 bits per heavy atom. The van der Waals surface area contributed by atoms with Gasteiger partial charge in [0, 0.05) is 30.9 Å². The number of para-hydroxylation sites is 1. The van der Waals surface area contributed by atoms with Gasteiger partial charge >= 0.3 is 0 Å². The van der Waals surface area contributed by atoms with Crippen LogP contribution in [0.2, 0.25) is 0 Å². The maximum absolute atomic E-state index is 4.83. The summed E-state index contributed by atoms with van der Waals surface area (Å²) in [7, 11) is 2.22. The molecule has 1 saturated carbocycles. The third kappa shape index (κ3) is 5.13. The lowest BCUT2D eigenvalue weighted by atomic mass is 10.2. The molecule has 152 valence electrons. The molecule has 1 aliphatic rings. The minimum atomic E-state index is 0.485. The third-order valence-corrected chi connectivity index (χ3v) is 5.36. The Labute approximate surface area is 169 Å². The van der Waals surface area contributed by atoms with Gasteiger partial charge in [0.1, 0.15) is 0 Å². The Morgan fingerprint density at radius 3 is 2.68 bits per heavy atom. The number of hydrogen-bond donors (Lipinski definition) is 2. The van der Waals surface area contributed by atoms with E-state index in [9.17, 15) is 0 Å². The van der Waals surface area contributed by atoms with Crippen molar-refractivity contribution in [2.45, 2.75) is 59.2 Å². The minimum Gasteiger partial charge on any atom is -0.357 e. The highest BCUT2D eigenvalue weighted by atomic mass is 15.3. The molecular formula is C22H34N6. The van der Waals surface area contributed by atoms with Crippen molar-refractivity contribution in [1.29, 1.82) is 0 Å². The van der Waals surface area contributed by atoms with E-state index in [1.807, 2.05) is 11.6 Å². The van der Waals surface area contributed by atoms with Gasteiger partial charge in [-0.1, -0.05) is 18.2 Å². The van der Waals surface area contributed by atoms with Gasteiger partial charge in [-0.05, 0) is 65.3 Å². The number of benzene rings is 1. The van der Waals surface area contributed by atoms with Crippen molar-refractivity contribution >= 4 is 5.96 Å². The van der Waals surface area contributed by atoms with Gasteiger partial charge in [0.25, 0.3) is 0 Å². The molecule has 0 bridgehead atoms. The second-order valence-corrected chi connectivity index (χ2v) is 7.79. The summed E-state index contributed by atoms with van der Waals surface area (Å²) < 4.78 is 2.01. The quantitative estimate of drug-likeness (QED) is 0.544. The highest BCUT2D eigenvalue weighted by Gasteiger charge is 2.28. The van der Waals surface area contributed by atoms with E-state index in [0.29, 0.717) is 12.6 Å². The molecule has 0 aliphatic heterocycles. The summed E-state index contributed by atoms with van der Waals surface area (Å²) in [6.45, 7) is 10.8. The van der Waals surface area contributed by atoms with E-state index in [1.165, 1.54) is 12.8 Å². The highest BCUT2D eigenvalue weighted by molar-refractivity contribution is 5.79. The predicted molar refractivity (Wildman–Crippen MR) is 116 cm³/mol. The van der Waals surface area contributed by atoms with E-state index in [2.05, 4.69) is 78.8 Å². The molecule has 2 aromatic rings. The number of hydrogen-bond acceptors (Lipinski definition) is 3. The molecule has 1 unspecified atom stereocenters. The van der Waals surface area contributed by atoms with Crippen LogP contribution in [0.3, 0.4) is 0 Å². The Morgan fingerprint density at radius 1 is 1.29 bits per heavy atom. The summed E-state index contributed by atoms with van der Waals surface area (Å²) in [5.41, 5.74) is 4.42. The number of aliphatic imine (C=N–C) groups is 1. The lowest BCUT2D eigenvalue weighted by Crippen LogP contribution is -2.45. The summed E-state index contributed by atoms with van der Waals surface area (Å²) >= 11 is 0. The van der Waals surface area contributed by atoms with Crippen LogP contribution in [0.5, 0.6) is 0 Å². The van der Waals surface area contributed by atoms with Gasteiger partial charge in [0.05, 0.1) is 17.9 Å². The predicted octanol–water partition coefficient (Wildman–Crippen LogP) is 3.03. The smallest absolute Gasteiger partial charge is 0.191 e. The number of guanidine groups is 1. The zero-order valence-electron chi connectivity index (χ0n) is 17.9. The zero-order valence-corrected chi connectivity index (χ0v) is 17.9. The molecule has 0 radical (unpaired) electrons. The van der Waals surface area contributed by atoms with Crippen LogP contribution in [0.15, 0.2) is 35.3 Å². The standard InChI is InChI=1S/C22H34N6/c1-6-23-22(24-14-18(4)27(5)20-11-12-20)25-15-19-9-7-8-10-21(19)28-17(3)13-16(2)26-28/h7-10,13,18,20H,6,11-12,14-15H2,1-5H3,(H2,23,24,25). The first-order valence-corrected chi connectivity index (χ1v) is 10.3. The molecule has 1 atom stereocenters. The van der Waals surface area contributed by atoms with E-state index in [1.54, 1.807) is 0 Å². The molecule has 1 aromatic carbocycles. The second kappa shape index (κ2) is 9.24. The molecule has 0 spiro atoms. The first-order chi connectivity index (χ1) is 13.5. The van der Waals surface area contributed by atoms with Gasteiger partial charge in [-0.3, -0.25) is 4.90 Å². The third-order valence-electron chi connectivity index (χ3n) is 5.36. The molecule has 6 heteroatoms. The van der Waals surface area contributed by atoms with Crippen molar-refractivity contribution in [3.8, 4) is 5.69 Å². The fourth-order valence-electron chi connectivity index (χ4n) is 3.46. The first-order valence-electron chi connectivity index (χ1n) is 10.3. The Bertz CT molecular complexity index is 805. The van der Waals surface area contributed by atoms with Crippen molar-refractivity contribution in [3.05, 3.63) is 47.3 Å². The largest absolute Gasteiger partial charge is 0.357 e. The van der Waals surface area contributed by atoms with Crippen molar-refractivity contribution in [1.82, 2.24) is 25.3 Å². The van der Waals surface area contributed by atoms with Gasteiger partial charge in [0.2, 0.25) is 0 Å². The lowest BCUT2D eigenvalue weighted by molar-refractivity contribution is 0.247.